The molecule has 8 nitrogen and oxygen atoms in total. The van der Waals surface area contributed by atoms with Crippen molar-refractivity contribution in [1.82, 2.24) is 20.6 Å². The minimum absolute atomic E-state index is 0.291. The van der Waals surface area contributed by atoms with Gasteiger partial charge >= 0.3 is 11.9 Å². The largest absolute Gasteiger partial charge is 0.450 e. The fraction of sp³-hybridized carbons (Fsp3) is 0.150. The lowest BCUT2D eigenvalue weighted by Gasteiger charge is -2.09. The number of anilines is 1. The molecular formula is C20H19N5O3. The van der Waals surface area contributed by atoms with E-state index in [4.69, 9.17) is 0 Å². The second kappa shape index (κ2) is 9.09. The summed E-state index contributed by atoms with van der Waals surface area (Å²) in [5, 5.41) is 9.23. The average Bonchev–Trinajstić information content (AvgIpc) is 3.19. The van der Waals surface area contributed by atoms with Crippen LogP contribution in [0.15, 0.2) is 48.8 Å². The van der Waals surface area contributed by atoms with E-state index < -0.39 is 5.91 Å². The molecule has 0 fully saturated rings. The van der Waals surface area contributed by atoms with Crippen LogP contribution in [0.3, 0.4) is 0 Å². The van der Waals surface area contributed by atoms with Crippen LogP contribution in [0, 0.1) is 12.0 Å². The van der Waals surface area contributed by atoms with E-state index in [9.17, 15) is 9.59 Å². The van der Waals surface area contributed by atoms with Crippen LogP contribution >= 0.6 is 0 Å². The first-order valence-corrected chi connectivity index (χ1v) is 8.52. The van der Waals surface area contributed by atoms with Gasteiger partial charge in [-0.2, -0.15) is 0 Å². The number of methoxy groups -OCH3 is 1. The monoisotopic (exact) mass is 377 g/mol. The number of pyridine rings is 1. The molecule has 0 saturated carbocycles. The average molecular weight is 377 g/mol. The van der Waals surface area contributed by atoms with Crippen LogP contribution in [-0.4, -0.2) is 29.0 Å². The Morgan fingerprint density at radius 1 is 1.18 bits per heavy atom. The lowest BCUT2D eigenvalue weighted by Crippen LogP contribution is -2.34. The van der Waals surface area contributed by atoms with E-state index in [0.717, 1.165) is 22.2 Å². The van der Waals surface area contributed by atoms with E-state index in [1.165, 1.54) is 7.11 Å². The lowest BCUT2D eigenvalue weighted by molar-refractivity contribution is -0.111. The second-order valence-electron chi connectivity index (χ2n) is 5.83. The zero-order chi connectivity index (χ0) is 19.8. The van der Waals surface area contributed by atoms with Gasteiger partial charge in [0.25, 0.3) is 0 Å². The van der Waals surface area contributed by atoms with Crippen LogP contribution < -0.4 is 16.0 Å². The molecule has 0 unspecified atom stereocenters. The molecule has 0 aliphatic rings. The molecule has 0 atom stereocenters. The summed E-state index contributed by atoms with van der Waals surface area (Å²) in [6, 6.07) is 10.6. The van der Waals surface area contributed by atoms with Gasteiger partial charge in [0.2, 0.25) is 0 Å². The Hall–Kier alpha value is -3.99. The van der Waals surface area contributed by atoms with Gasteiger partial charge in [-0.25, -0.2) is 9.78 Å². The van der Waals surface area contributed by atoms with Gasteiger partial charge < -0.3 is 25.7 Å². The molecule has 2 aromatic heterocycles. The number of amides is 3. The van der Waals surface area contributed by atoms with Gasteiger partial charge in [0.05, 0.1) is 7.11 Å². The van der Waals surface area contributed by atoms with E-state index >= 15 is 0 Å². The Morgan fingerprint density at radius 2 is 2.04 bits per heavy atom. The number of rotatable bonds is 5. The summed E-state index contributed by atoms with van der Waals surface area (Å²) in [5.41, 5.74) is 3.18. The van der Waals surface area contributed by atoms with Crippen molar-refractivity contribution in [2.24, 2.45) is 0 Å². The van der Waals surface area contributed by atoms with Gasteiger partial charge in [-0.3, -0.25) is 4.79 Å². The van der Waals surface area contributed by atoms with Gasteiger partial charge in [0.15, 0.2) is 0 Å². The van der Waals surface area contributed by atoms with Crippen molar-refractivity contribution >= 4 is 28.7 Å². The van der Waals surface area contributed by atoms with Crippen LogP contribution in [0.2, 0.25) is 0 Å². The molecule has 0 aliphatic carbocycles. The minimum Gasteiger partial charge on any atom is -0.450 e. The number of hydrogen-bond donors (Lipinski definition) is 4. The number of H-pyrrole nitrogens is 1. The number of carbonyl (C=O) groups excluding carboxylic acids is 2. The van der Waals surface area contributed by atoms with Crippen molar-refractivity contribution < 1.29 is 14.3 Å². The van der Waals surface area contributed by atoms with Gasteiger partial charge in [-0.1, -0.05) is 12.1 Å². The van der Waals surface area contributed by atoms with E-state index in [2.05, 4.69) is 42.7 Å². The Morgan fingerprint density at radius 3 is 2.89 bits per heavy atom. The molecular weight excluding hydrogens is 358 g/mol. The Bertz CT molecular complexity index is 1050. The van der Waals surface area contributed by atoms with Crippen LogP contribution in [-0.2, 0) is 22.6 Å². The molecule has 3 amide bonds. The first kappa shape index (κ1) is 18.8. The van der Waals surface area contributed by atoms with Crippen molar-refractivity contribution in [2.45, 2.75) is 13.1 Å². The summed E-state index contributed by atoms with van der Waals surface area (Å²) >= 11 is 0. The van der Waals surface area contributed by atoms with E-state index in [1.54, 1.807) is 24.4 Å². The molecule has 8 heteroatoms. The zero-order valence-corrected chi connectivity index (χ0v) is 15.2. The maximum atomic E-state index is 12.1. The molecule has 0 radical (unpaired) electrons. The molecule has 2 heterocycles. The van der Waals surface area contributed by atoms with E-state index in [0.29, 0.717) is 18.8 Å². The minimum atomic E-state index is -0.474. The highest BCUT2D eigenvalue weighted by Crippen LogP contribution is 2.14. The third kappa shape index (κ3) is 5.02. The Kier molecular flexibility index (Phi) is 6.10. The normalized spacial score (nSPS) is 9.89. The number of ether oxygens (including phenoxy) is 1. The molecule has 1 aromatic carbocycles. The smallest absolute Gasteiger partial charge is 0.315 e. The highest BCUT2D eigenvalue weighted by atomic mass is 16.5. The van der Waals surface area contributed by atoms with Crippen LogP contribution in [0.5, 0.6) is 0 Å². The summed E-state index contributed by atoms with van der Waals surface area (Å²) < 4.78 is 4.53. The first-order valence-electron chi connectivity index (χ1n) is 8.52. The number of hydrogen-bond acceptors (Lipinski definition) is 4. The summed E-state index contributed by atoms with van der Waals surface area (Å²) in [6.45, 7) is 0.701. The number of urea groups is 1. The van der Waals surface area contributed by atoms with Crippen molar-refractivity contribution in [1.29, 1.82) is 0 Å². The first-order chi connectivity index (χ1) is 13.7. The molecule has 0 bridgehead atoms. The second-order valence-corrected chi connectivity index (χ2v) is 5.83. The third-order valence-electron chi connectivity index (χ3n) is 3.89. The number of aromatic amines is 1. The van der Waals surface area contributed by atoms with Crippen LogP contribution in [0.4, 0.5) is 10.5 Å². The van der Waals surface area contributed by atoms with Crippen molar-refractivity contribution in [3.63, 3.8) is 0 Å². The predicted octanol–water partition coefficient (Wildman–Crippen LogP) is 2.11. The SMILES string of the molecule is COC#CC(=O)Nc1cccc(CNC(=O)NCc2ccnc3[nH]ccc23)c1. The quantitative estimate of drug-likeness (QED) is 0.511. The summed E-state index contributed by atoms with van der Waals surface area (Å²) in [4.78, 5) is 30.9. The lowest BCUT2D eigenvalue weighted by atomic mass is 10.2. The summed E-state index contributed by atoms with van der Waals surface area (Å²) in [7, 11) is 1.38. The van der Waals surface area contributed by atoms with Gasteiger partial charge in [0, 0.05) is 42.5 Å². The topological polar surface area (TPSA) is 108 Å². The maximum absolute atomic E-state index is 12.1. The summed E-state index contributed by atoms with van der Waals surface area (Å²) in [5.74, 6) is 1.81. The number of nitrogens with zero attached hydrogens (tertiary/aromatic N) is 1. The van der Waals surface area contributed by atoms with Crippen LogP contribution in [0.1, 0.15) is 11.1 Å². The van der Waals surface area contributed by atoms with Crippen LogP contribution in [0.25, 0.3) is 11.0 Å². The fourth-order valence-corrected chi connectivity index (χ4v) is 2.61. The molecule has 4 N–H and O–H groups in total. The number of fused-ring (bicyclic) bond motifs is 1. The highest BCUT2D eigenvalue weighted by Gasteiger charge is 2.06. The standard InChI is InChI=1S/C20H19N5O3/c1-28-10-7-18(26)25-16-4-2-3-14(11-16)12-23-20(27)24-13-15-5-8-21-19-17(15)6-9-22-19/h2-6,8-9,11H,12-13H2,1H3,(H,21,22)(H,25,26)(H2,23,24,27). The van der Waals surface area contributed by atoms with Gasteiger partial charge in [-0.15, -0.1) is 0 Å². The van der Waals surface area contributed by atoms with E-state index in [1.807, 2.05) is 24.4 Å². The Labute approximate surface area is 161 Å². The molecule has 0 saturated heterocycles. The summed E-state index contributed by atoms with van der Waals surface area (Å²) in [6.07, 6.45) is 5.74. The van der Waals surface area contributed by atoms with E-state index in [-0.39, 0.29) is 6.03 Å². The molecule has 3 rings (SSSR count). The molecule has 0 aliphatic heterocycles. The maximum Gasteiger partial charge on any atom is 0.315 e. The third-order valence-corrected chi connectivity index (χ3v) is 3.89. The fourth-order valence-electron chi connectivity index (χ4n) is 2.61. The zero-order valence-electron chi connectivity index (χ0n) is 15.2. The van der Waals surface area contributed by atoms with Gasteiger partial charge in [-0.05, 0) is 35.4 Å². The molecule has 142 valence electrons. The number of aromatic nitrogens is 2. The number of benzene rings is 1. The molecule has 0 spiro atoms. The van der Waals surface area contributed by atoms with Crippen molar-refractivity contribution in [3.8, 4) is 12.0 Å². The van der Waals surface area contributed by atoms with Gasteiger partial charge in [0.1, 0.15) is 11.8 Å². The Balaban J connectivity index is 1.51. The molecule has 3 aromatic rings. The predicted molar refractivity (Wildman–Crippen MR) is 105 cm³/mol. The number of carbonyl (C=O) groups is 2. The van der Waals surface area contributed by atoms with Crippen molar-refractivity contribution in [3.05, 3.63) is 59.9 Å². The van der Waals surface area contributed by atoms with Crippen molar-refractivity contribution in [2.75, 3.05) is 12.4 Å². The highest BCUT2D eigenvalue weighted by molar-refractivity contribution is 6.03. The number of nitrogens with one attached hydrogen (secondary N) is 4. The molecule has 28 heavy (non-hydrogen) atoms.